The second-order valence-electron chi connectivity index (χ2n) is 8.32. The highest BCUT2D eigenvalue weighted by Gasteiger charge is 2.22. The molecule has 6 nitrogen and oxygen atoms in total. The number of hydrogen-bond donors (Lipinski definition) is 2. The van der Waals surface area contributed by atoms with Crippen LogP contribution in [0.5, 0.6) is 0 Å². The Morgan fingerprint density at radius 3 is 2.27 bits per heavy atom. The van der Waals surface area contributed by atoms with Crippen molar-refractivity contribution >= 4 is 11.9 Å². The highest BCUT2D eigenvalue weighted by Crippen LogP contribution is 2.23. The largest absolute Gasteiger partial charge is 0.355 e. The van der Waals surface area contributed by atoms with E-state index in [0.29, 0.717) is 24.0 Å². The van der Waals surface area contributed by atoms with Gasteiger partial charge in [0.1, 0.15) is 6.54 Å². The van der Waals surface area contributed by atoms with E-state index in [1.807, 2.05) is 0 Å². The predicted molar refractivity (Wildman–Crippen MR) is 111 cm³/mol. The molecule has 0 aromatic heterocycles. The lowest BCUT2D eigenvalue weighted by Gasteiger charge is -2.32. The summed E-state index contributed by atoms with van der Waals surface area (Å²) in [5, 5.41) is 7.03. The van der Waals surface area contributed by atoms with E-state index in [1.165, 1.54) is 25.7 Å². The van der Waals surface area contributed by atoms with E-state index in [0.717, 1.165) is 19.0 Å². The Bertz CT molecular complexity index is 439. The lowest BCUT2D eigenvalue weighted by atomic mass is 9.86. The third kappa shape index (κ3) is 7.94. The second kappa shape index (κ2) is 11.4. The first-order valence-electron chi connectivity index (χ1n) is 10.2. The summed E-state index contributed by atoms with van der Waals surface area (Å²) in [4.78, 5) is 20.5. The lowest BCUT2D eigenvalue weighted by Crippen LogP contribution is -2.50. The minimum absolute atomic E-state index is 0.0220. The van der Waals surface area contributed by atoms with Crippen molar-refractivity contribution in [1.82, 2.24) is 20.4 Å². The van der Waals surface area contributed by atoms with Gasteiger partial charge in [-0.25, -0.2) is 4.99 Å². The van der Waals surface area contributed by atoms with Gasteiger partial charge in [-0.2, -0.15) is 0 Å². The van der Waals surface area contributed by atoms with Crippen LogP contribution in [0.15, 0.2) is 4.99 Å². The third-order valence-electron chi connectivity index (χ3n) is 5.29. The van der Waals surface area contributed by atoms with E-state index >= 15 is 0 Å². The molecule has 0 aromatic carbocycles. The smallest absolute Gasteiger partial charge is 0.243 e. The van der Waals surface area contributed by atoms with Gasteiger partial charge in [0, 0.05) is 45.3 Å². The quantitative estimate of drug-likeness (QED) is 0.510. The molecule has 0 saturated heterocycles. The molecule has 0 aliphatic heterocycles. The minimum Gasteiger partial charge on any atom is -0.355 e. The number of nitrogens with one attached hydrogen (secondary N) is 2. The zero-order chi connectivity index (χ0) is 19.7. The molecule has 1 aliphatic rings. The zero-order valence-electron chi connectivity index (χ0n) is 18.0. The van der Waals surface area contributed by atoms with E-state index in [-0.39, 0.29) is 12.5 Å². The molecule has 1 aliphatic carbocycles. The standard InChI is InChI=1S/C20H41N5O/c1-15(2)25(16(3)4)13-12-21-20(22-14-19(26)24(6)7)23-18-11-9-8-10-17(18)5/h15-18H,8-14H2,1-7H3,(H2,21,22,23). The van der Waals surface area contributed by atoms with Crippen LogP contribution in [-0.2, 0) is 4.79 Å². The Labute approximate surface area is 160 Å². The fraction of sp³-hybridized carbons (Fsp3) is 0.900. The van der Waals surface area contributed by atoms with E-state index in [2.05, 4.69) is 55.1 Å². The van der Waals surface area contributed by atoms with Crippen molar-refractivity contribution in [2.75, 3.05) is 33.7 Å². The second-order valence-corrected chi connectivity index (χ2v) is 8.32. The number of aliphatic imine (C=N–C) groups is 1. The highest BCUT2D eigenvalue weighted by atomic mass is 16.2. The average Bonchev–Trinajstić information content (AvgIpc) is 2.56. The molecule has 1 fully saturated rings. The van der Waals surface area contributed by atoms with Crippen molar-refractivity contribution in [2.45, 2.75) is 78.4 Å². The van der Waals surface area contributed by atoms with E-state index in [9.17, 15) is 4.79 Å². The summed E-state index contributed by atoms with van der Waals surface area (Å²) in [5.74, 6) is 1.43. The van der Waals surface area contributed by atoms with Crippen LogP contribution < -0.4 is 10.6 Å². The van der Waals surface area contributed by atoms with Gasteiger partial charge in [-0.3, -0.25) is 9.69 Å². The first-order valence-corrected chi connectivity index (χ1v) is 10.2. The van der Waals surface area contributed by atoms with Gasteiger partial charge in [0.2, 0.25) is 5.91 Å². The van der Waals surface area contributed by atoms with Crippen LogP contribution in [0.25, 0.3) is 0 Å². The average molecular weight is 368 g/mol. The van der Waals surface area contributed by atoms with Gasteiger partial charge >= 0.3 is 0 Å². The van der Waals surface area contributed by atoms with Gasteiger partial charge in [-0.1, -0.05) is 19.8 Å². The first-order chi connectivity index (χ1) is 12.2. The summed E-state index contributed by atoms with van der Waals surface area (Å²) in [6.07, 6.45) is 5.01. The molecule has 2 N–H and O–H groups in total. The maximum absolute atomic E-state index is 11.9. The Hall–Kier alpha value is -1.30. The number of nitrogens with zero attached hydrogens (tertiary/aromatic N) is 3. The number of carbonyl (C=O) groups excluding carboxylic acids is 1. The Morgan fingerprint density at radius 2 is 1.73 bits per heavy atom. The molecule has 6 heteroatoms. The maximum atomic E-state index is 11.9. The normalized spacial score (nSPS) is 21.4. The monoisotopic (exact) mass is 367 g/mol. The number of carbonyl (C=O) groups is 1. The number of amides is 1. The summed E-state index contributed by atoms with van der Waals surface area (Å²) in [6.45, 7) is 13.2. The molecule has 1 saturated carbocycles. The van der Waals surface area contributed by atoms with Crippen LogP contribution >= 0.6 is 0 Å². The van der Waals surface area contributed by atoms with Gasteiger partial charge in [-0.05, 0) is 46.5 Å². The number of rotatable bonds is 8. The topological polar surface area (TPSA) is 60.0 Å². The van der Waals surface area contributed by atoms with Gasteiger partial charge in [-0.15, -0.1) is 0 Å². The van der Waals surface area contributed by atoms with Crippen molar-refractivity contribution in [3.05, 3.63) is 0 Å². The number of hydrogen-bond acceptors (Lipinski definition) is 3. The molecule has 0 spiro atoms. The first kappa shape index (κ1) is 22.7. The van der Waals surface area contributed by atoms with Crippen molar-refractivity contribution < 1.29 is 4.79 Å². The van der Waals surface area contributed by atoms with Crippen LogP contribution in [0, 0.1) is 5.92 Å². The number of guanidine groups is 1. The molecule has 1 rings (SSSR count). The molecule has 0 bridgehead atoms. The summed E-state index contributed by atoms with van der Waals surface area (Å²) < 4.78 is 0. The SMILES string of the molecule is CC1CCCCC1NC(=NCC(=O)N(C)C)NCCN(C(C)C)C(C)C. The van der Waals surface area contributed by atoms with Crippen molar-refractivity contribution in [3.8, 4) is 0 Å². The minimum atomic E-state index is 0.0220. The fourth-order valence-electron chi connectivity index (χ4n) is 3.56. The third-order valence-corrected chi connectivity index (χ3v) is 5.29. The molecule has 0 radical (unpaired) electrons. The number of likely N-dealkylation sites (N-methyl/N-ethyl adjacent to an activating group) is 1. The van der Waals surface area contributed by atoms with Gasteiger partial charge in [0.25, 0.3) is 0 Å². The van der Waals surface area contributed by atoms with Crippen LogP contribution in [0.2, 0.25) is 0 Å². The maximum Gasteiger partial charge on any atom is 0.243 e. The van der Waals surface area contributed by atoms with Crippen LogP contribution in [-0.4, -0.2) is 73.5 Å². The molecule has 2 unspecified atom stereocenters. The predicted octanol–water partition coefficient (Wildman–Crippen LogP) is 2.31. The summed E-state index contributed by atoms with van der Waals surface area (Å²) in [7, 11) is 3.54. The van der Waals surface area contributed by atoms with Crippen LogP contribution in [0.4, 0.5) is 0 Å². The Morgan fingerprint density at radius 1 is 1.12 bits per heavy atom. The molecule has 26 heavy (non-hydrogen) atoms. The molecule has 0 heterocycles. The Kier molecular flexibility index (Phi) is 9.99. The molecule has 2 atom stereocenters. The van der Waals surface area contributed by atoms with Gasteiger partial charge < -0.3 is 15.5 Å². The van der Waals surface area contributed by atoms with E-state index < -0.39 is 0 Å². The fourth-order valence-corrected chi connectivity index (χ4v) is 3.56. The molecule has 0 aromatic rings. The van der Waals surface area contributed by atoms with Gasteiger partial charge in [0.15, 0.2) is 5.96 Å². The highest BCUT2D eigenvalue weighted by molar-refractivity contribution is 5.84. The summed E-state index contributed by atoms with van der Waals surface area (Å²) in [6, 6.07) is 1.47. The van der Waals surface area contributed by atoms with Crippen molar-refractivity contribution in [3.63, 3.8) is 0 Å². The Balaban J connectivity index is 2.67. The molecule has 152 valence electrons. The van der Waals surface area contributed by atoms with Crippen LogP contribution in [0.3, 0.4) is 0 Å². The molecular formula is C20H41N5O. The lowest BCUT2D eigenvalue weighted by molar-refractivity contribution is -0.127. The summed E-state index contributed by atoms with van der Waals surface area (Å²) >= 11 is 0. The van der Waals surface area contributed by atoms with Crippen molar-refractivity contribution in [2.24, 2.45) is 10.9 Å². The van der Waals surface area contributed by atoms with Gasteiger partial charge in [0.05, 0.1) is 0 Å². The molecular weight excluding hydrogens is 326 g/mol. The van der Waals surface area contributed by atoms with Crippen molar-refractivity contribution in [1.29, 1.82) is 0 Å². The summed E-state index contributed by atoms with van der Waals surface area (Å²) in [5.41, 5.74) is 0. The molecule has 1 amide bonds. The van der Waals surface area contributed by atoms with Crippen LogP contribution in [0.1, 0.15) is 60.3 Å². The van der Waals surface area contributed by atoms with E-state index in [1.54, 1.807) is 19.0 Å². The van der Waals surface area contributed by atoms with E-state index in [4.69, 9.17) is 0 Å². The zero-order valence-corrected chi connectivity index (χ0v) is 18.0.